The zero-order chi connectivity index (χ0) is 12.2. The fourth-order valence-electron chi connectivity index (χ4n) is 2.14. The predicted molar refractivity (Wildman–Crippen MR) is 62.3 cm³/mol. The van der Waals surface area contributed by atoms with Crippen molar-refractivity contribution in [3.63, 3.8) is 0 Å². The summed E-state index contributed by atoms with van der Waals surface area (Å²) in [6.07, 6.45) is 3.72. The van der Waals surface area contributed by atoms with Crippen LogP contribution in [-0.2, 0) is 10.0 Å². The quantitative estimate of drug-likeness (QED) is 0.773. The summed E-state index contributed by atoms with van der Waals surface area (Å²) in [5.74, 6) is -0.421. The van der Waals surface area contributed by atoms with Gasteiger partial charge in [-0.2, -0.15) is 5.26 Å². The first-order valence-electron chi connectivity index (χ1n) is 5.51. The van der Waals surface area contributed by atoms with Gasteiger partial charge in [-0.1, -0.05) is 0 Å². The van der Waals surface area contributed by atoms with Crippen LogP contribution in [0.2, 0.25) is 0 Å². The molecule has 0 heterocycles. The molecule has 1 saturated carbocycles. The number of sulfonamides is 1. The fraction of sp³-hybridized carbons (Fsp3) is 0.900. The van der Waals surface area contributed by atoms with Gasteiger partial charge in [-0.15, -0.1) is 0 Å². The third-order valence-electron chi connectivity index (χ3n) is 3.30. The Labute approximate surface area is 97.5 Å². The maximum absolute atomic E-state index is 11.7. The molecule has 1 aliphatic carbocycles. The number of hydrogen-bond acceptors (Lipinski definition) is 4. The SMILES string of the molecule is CNC1CCC(N(C)S(=O)(=O)CC#N)CC1. The number of rotatable bonds is 4. The predicted octanol–water partition coefficient (Wildman–Crippen LogP) is 0.302. The molecule has 1 aliphatic rings. The van der Waals surface area contributed by atoms with Crippen LogP contribution in [0.3, 0.4) is 0 Å². The molecule has 1 rings (SSSR count). The molecule has 0 saturated heterocycles. The van der Waals surface area contributed by atoms with Gasteiger partial charge >= 0.3 is 0 Å². The molecule has 5 nitrogen and oxygen atoms in total. The molecule has 0 aromatic rings. The lowest BCUT2D eigenvalue weighted by molar-refractivity contribution is 0.255. The van der Waals surface area contributed by atoms with Crippen LogP contribution in [0.5, 0.6) is 0 Å². The minimum absolute atomic E-state index is 0.0583. The van der Waals surface area contributed by atoms with E-state index in [-0.39, 0.29) is 6.04 Å². The van der Waals surface area contributed by atoms with Crippen LogP contribution in [-0.4, -0.2) is 44.7 Å². The summed E-state index contributed by atoms with van der Waals surface area (Å²) in [6.45, 7) is 0. The lowest BCUT2D eigenvalue weighted by Crippen LogP contribution is -2.43. The van der Waals surface area contributed by atoms with Crippen LogP contribution in [0.25, 0.3) is 0 Å². The molecule has 0 spiro atoms. The van der Waals surface area contributed by atoms with Gasteiger partial charge in [0.1, 0.15) is 0 Å². The Hall–Kier alpha value is -0.640. The molecule has 0 aliphatic heterocycles. The van der Waals surface area contributed by atoms with Gasteiger partial charge in [-0.25, -0.2) is 12.7 Å². The van der Waals surface area contributed by atoms with E-state index in [1.807, 2.05) is 7.05 Å². The Kier molecular flexibility index (Phi) is 4.71. The third kappa shape index (κ3) is 3.17. The largest absolute Gasteiger partial charge is 0.317 e. The summed E-state index contributed by atoms with van der Waals surface area (Å²) in [5, 5.41) is 11.7. The first kappa shape index (κ1) is 13.4. The Morgan fingerprint density at radius 2 is 1.94 bits per heavy atom. The molecule has 0 atom stereocenters. The first-order valence-corrected chi connectivity index (χ1v) is 7.12. The van der Waals surface area contributed by atoms with E-state index in [1.54, 1.807) is 13.1 Å². The highest BCUT2D eigenvalue weighted by atomic mass is 32.2. The van der Waals surface area contributed by atoms with E-state index in [4.69, 9.17) is 5.26 Å². The van der Waals surface area contributed by atoms with Crippen molar-refractivity contribution >= 4 is 10.0 Å². The van der Waals surface area contributed by atoms with Gasteiger partial charge in [-0.05, 0) is 32.7 Å². The molecule has 6 heteroatoms. The molecule has 1 N–H and O–H groups in total. The molecule has 0 aromatic carbocycles. The van der Waals surface area contributed by atoms with E-state index in [0.717, 1.165) is 25.7 Å². The van der Waals surface area contributed by atoms with Crippen molar-refractivity contribution in [3.8, 4) is 6.07 Å². The second kappa shape index (κ2) is 5.62. The molecule has 0 aromatic heterocycles. The minimum atomic E-state index is -3.38. The molecule has 1 fully saturated rings. The number of hydrogen-bond donors (Lipinski definition) is 1. The average molecular weight is 245 g/mol. The topological polar surface area (TPSA) is 73.2 Å². The third-order valence-corrected chi connectivity index (χ3v) is 4.97. The van der Waals surface area contributed by atoms with Crippen LogP contribution >= 0.6 is 0 Å². The maximum Gasteiger partial charge on any atom is 0.227 e. The number of nitrogens with one attached hydrogen (secondary N) is 1. The van der Waals surface area contributed by atoms with Gasteiger partial charge in [-0.3, -0.25) is 0 Å². The van der Waals surface area contributed by atoms with Crippen LogP contribution in [0.15, 0.2) is 0 Å². The summed E-state index contributed by atoms with van der Waals surface area (Å²) in [7, 11) is 0.130. The second-order valence-corrected chi connectivity index (χ2v) is 6.25. The summed E-state index contributed by atoms with van der Waals surface area (Å²) in [6, 6.07) is 2.27. The standard InChI is InChI=1S/C10H19N3O2S/c1-12-9-3-5-10(6-4-9)13(2)16(14,15)8-7-11/h9-10,12H,3-6,8H2,1-2H3. The minimum Gasteiger partial charge on any atom is -0.317 e. The highest BCUT2D eigenvalue weighted by molar-refractivity contribution is 7.89. The molecule has 0 unspecified atom stereocenters. The zero-order valence-corrected chi connectivity index (χ0v) is 10.6. The highest BCUT2D eigenvalue weighted by Gasteiger charge is 2.29. The van der Waals surface area contributed by atoms with E-state index < -0.39 is 15.8 Å². The highest BCUT2D eigenvalue weighted by Crippen LogP contribution is 2.23. The molecular formula is C10H19N3O2S. The fourth-order valence-corrected chi connectivity index (χ4v) is 3.17. The smallest absolute Gasteiger partial charge is 0.227 e. The van der Waals surface area contributed by atoms with E-state index >= 15 is 0 Å². The van der Waals surface area contributed by atoms with E-state index in [2.05, 4.69) is 5.32 Å². The summed E-state index contributed by atoms with van der Waals surface area (Å²) in [5.41, 5.74) is 0. The molecule has 0 radical (unpaired) electrons. The molecule has 0 amide bonds. The Balaban J connectivity index is 2.57. The van der Waals surface area contributed by atoms with Crippen LogP contribution in [0.4, 0.5) is 0 Å². The maximum atomic E-state index is 11.7. The van der Waals surface area contributed by atoms with Crippen molar-refractivity contribution in [3.05, 3.63) is 0 Å². The van der Waals surface area contributed by atoms with Crippen LogP contribution in [0.1, 0.15) is 25.7 Å². The van der Waals surface area contributed by atoms with Gasteiger partial charge in [0.25, 0.3) is 0 Å². The first-order chi connectivity index (χ1) is 7.51. The van der Waals surface area contributed by atoms with Crippen molar-refractivity contribution in [2.75, 3.05) is 19.8 Å². The lowest BCUT2D eigenvalue weighted by Gasteiger charge is -2.33. The molecule has 0 bridgehead atoms. The molecule has 92 valence electrons. The van der Waals surface area contributed by atoms with Gasteiger partial charge < -0.3 is 5.32 Å². The van der Waals surface area contributed by atoms with E-state index in [0.29, 0.717) is 6.04 Å². The normalized spacial score (nSPS) is 26.6. The van der Waals surface area contributed by atoms with Gasteiger partial charge in [0, 0.05) is 19.1 Å². The van der Waals surface area contributed by atoms with Crippen molar-refractivity contribution in [2.24, 2.45) is 0 Å². The summed E-state index contributed by atoms with van der Waals surface area (Å²) >= 11 is 0. The van der Waals surface area contributed by atoms with Crippen LogP contribution in [0, 0.1) is 11.3 Å². The number of nitrogens with zero attached hydrogens (tertiary/aromatic N) is 2. The second-order valence-electron chi connectivity index (χ2n) is 4.22. The van der Waals surface area contributed by atoms with Gasteiger partial charge in [0.15, 0.2) is 5.75 Å². The zero-order valence-electron chi connectivity index (χ0n) is 9.81. The van der Waals surface area contributed by atoms with E-state index in [9.17, 15) is 8.42 Å². The lowest BCUT2D eigenvalue weighted by atomic mass is 9.91. The van der Waals surface area contributed by atoms with Crippen molar-refractivity contribution in [1.82, 2.24) is 9.62 Å². The van der Waals surface area contributed by atoms with Crippen molar-refractivity contribution < 1.29 is 8.42 Å². The molecule has 16 heavy (non-hydrogen) atoms. The Morgan fingerprint density at radius 3 is 2.38 bits per heavy atom. The van der Waals surface area contributed by atoms with E-state index in [1.165, 1.54) is 4.31 Å². The summed E-state index contributed by atoms with van der Waals surface area (Å²) < 4.78 is 24.7. The summed E-state index contributed by atoms with van der Waals surface area (Å²) in [4.78, 5) is 0. The molecular weight excluding hydrogens is 226 g/mol. The van der Waals surface area contributed by atoms with Crippen LogP contribution < -0.4 is 5.32 Å². The van der Waals surface area contributed by atoms with Crippen molar-refractivity contribution in [2.45, 2.75) is 37.8 Å². The average Bonchev–Trinajstić information content (AvgIpc) is 2.28. The number of nitriles is 1. The van der Waals surface area contributed by atoms with Gasteiger partial charge in [0.05, 0.1) is 6.07 Å². The monoisotopic (exact) mass is 245 g/mol. The Morgan fingerprint density at radius 1 is 1.38 bits per heavy atom. The van der Waals surface area contributed by atoms with Gasteiger partial charge in [0.2, 0.25) is 10.0 Å². The Bertz CT molecular complexity index is 353. The van der Waals surface area contributed by atoms with Crippen molar-refractivity contribution in [1.29, 1.82) is 5.26 Å².